The van der Waals surface area contributed by atoms with Gasteiger partial charge in [-0.2, -0.15) is 11.8 Å². The second-order valence-corrected chi connectivity index (χ2v) is 5.45. The van der Waals surface area contributed by atoms with Crippen LogP contribution in [0.2, 0.25) is 0 Å². The van der Waals surface area contributed by atoms with E-state index in [0.29, 0.717) is 12.5 Å². The maximum Gasteiger partial charge on any atom is 0.306 e. The molecule has 0 aliphatic carbocycles. The van der Waals surface area contributed by atoms with Crippen LogP contribution in [0.4, 0.5) is 0 Å². The molecule has 1 saturated heterocycles. The van der Waals surface area contributed by atoms with Gasteiger partial charge in [-0.3, -0.25) is 19.9 Å². The van der Waals surface area contributed by atoms with Crippen molar-refractivity contribution >= 4 is 29.6 Å². The van der Waals surface area contributed by atoms with E-state index in [1.807, 2.05) is 11.8 Å². The molecule has 0 saturated carbocycles. The molecule has 1 unspecified atom stereocenters. The first-order valence-electron chi connectivity index (χ1n) is 5.95. The van der Waals surface area contributed by atoms with Crippen molar-refractivity contribution in [3.8, 4) is 0 Å². The molecule has 18 heavy (non-hydrogen) atoms. The average molecular weight is 271 g/mol. The largest absolute Gasteiger partial charge is 0.469 e. The van der Waals surface area contributed by atoms with Crippen LogP contribution < -0.4 is 5.32 Å². The maximum absolute atomic E-state index is 11.9. The average Bonchev–Trinajstić information content (AvgIpc) is 2.42. The smallest absolute Gasteiger partial charge is 0.306 e. The number of ether oxygens (including phenoxy) is 1. The second kappa shape index (κ2) is 6.08. The predicted molar refractivity (Wildman–Crippen MR) is 69.5 cm³/mol. The molecule has 0 aromatic rings. The molecule has 0 bridgehead atoms. The number of rotatable bonds is 2. The molecule has 2 heterocycles. The molecule has 1 fully saturated rings. The minimum atomic E-state index is -0.402. The van der Waals surface area contributed by atoms with E-state index in [4.69, 9.17) is 0 Å². The van der Waals surface area contributed by atoms with Crippen LogP contribution >= 0.6 is 11.8 Å². The van der Waals surface area contributed by atoms with Gasteiger partial charge in [-0.05, 0) is 0 Å². The van der Waals surface area contributed by atoms with E-state index in [-0.39, 0.29) is 18.3 Å². The molecule has 100 valence electrons. The molecule has 6 nitrogen and oxygen atoms in total. The highest BCUT2D eigenvalue weighted by Gasteiger charge is 2.29. The molecule has 7 heteroatoms. The standard InChI is InChI=1S/C11H17N3O3S/c1-17-9(15)6-8-7-12-11(13-10(8)16)14-2-4-18-5-3-14/h8H,2-7H2,1H3,(H,12,13,16). The van der Waals surface area contributed by atoms with E-state index >= 15 is 0 Å². The van der Waals surface area contributed by atoms with Gasteiger partial charge in [0.25, 0.3) is 0 Å². The van der Waals surface area contributed by atoms with Crippen molar-refractivity contribution in [2.24, 2.45) is 10.9 Å². The molecule has 2 rings (SSSR count). The molecule has 1 N–H and O–H groups in total. The molecule has 0 aromatic heterocycles. The van der Waals surface area contributed by atoms with Crippen LogP contribution in [0.15, 0.2) is 4.99 Å². The van der Waals surface area contributed by atoms with Crippen LogP contribution in [0.3, 0.4) is 0 Å². The maximum atomic E-state index is 11.9. The van der Waals surface area contributed by atoms with Crippen molar-refractivity contribution in [2.75, 3.05) is 38.2 Å². The minimum Gasteiger partial charge on any atom is -0.469 e. The van der Waals surface area contributed by atoms with Crippen LogP contribution in [0.1, 0.15) is 6.42 Å². The van der Waals surface area contributed by atoms with Crippen molar-refractivity contribution in [1.82, 2.24) is 10.2 Å². The number of nitrogens with zero attached hydrogens (tertiary/aromatic N) is 2. The van der Waals surface area contributed by atoms with E-state index in [1.165, 1.54) is 7.11 Å². The summed E-state index contributed by atoms with van der Waals surface area (Å²) in [7, 11) is 1.32. The first-order valence-corrected chi connectivity index (χ1v) is 7.11. The Morgan fingerprint density at radius 1 is 1.56 bits per heavy atom. The summed E-state index contributed by atoms with van der Waals surface area (Å²) in [6.07, 6.45) is 0.0922. The van der Waals surface area contributed by atoms with Gasteiger partial charge in [0.15, 0.2) is 0 Å². The molecule has 1 atom stereocenters. The number of carbonyl (C=O) groups is 2. The molecule has 2 aliphatic heterocycles. The predicted octanol–water partition coefficient (Wildman–Crippen LogP) is -0.300. The van der Waals surface area contributed by atoms with Gasteiger partial charge in [0, 0.05) is 24.6 Å². The summed E-state index contributed by atoms with van der Waals surface area (Å²) >= 11 is 1.90. The first-order chi connectivity index (χ1) is 8.70. The van der Waals surface area contributed by atoms with Crippen LogP contribution in [-0.4, -0.2) is 61.0 Å². The normalized spacial score (nSPS) is 24.3. The quantitative estimate of drug-likeness (QED) is 0.698. The van der Waals surface area contributed by atoms with Crippen LogP contribution in [0, 0.1) is 5.92 Å². The van der Waals surface area contributed by atoms with E-state index < -0.39 is 5.92 Å². The fourth-order valence-corrected chi connectivity index (χ4v) is 2.83. The number of guanidine groups is 1. The Kier molecular flexibility index (Phi) is 4.46. The molecular weight excluding hydrogens is 254 g/mol. The van der Waals surface area contributed by atoms with Gasteiger partial charge < -0.3 is 9.64 Å². The van der Waals surface area contributed by atoms with Crippen molar-refractivity contribution in [3.63, 3.8) is 0 Å². The summed E-state index contributed by atoms with van der Waals surface area (Å²) in [5, 5.41) is 2.79. The summed E-state index contributed by atoms with van der Waals surface area (Å²) in [5.41, 5.74) is 0. The molecule has 0 spiro atoms. The van der Waals surface area contributed by atoms with Gasteiger partial charge in [0.2, 0.25) is 11.9 Å². The van der Waals surface area contributed by atoms with Crippen LogP contribution in [0.5, 0.6) is 0 Å². The minimum absolute atomic E-state index is 0.0922. The zero-order chi connectivity index (χ0) is 13.0. The Balaban J connectivity index is 1.93. The Morgan fingerprint density at radius 3 is 2.89 bits per heavy atom. The number of carbonyl (C=O) groups excluding carboxylic acids is 2. The van der Waals surface area contributed by atoms with Crippen molar-refractivity contribution < 1.29 is 14.3 Å². The summed E-state index contributed by atoms with van der Waals surface area (Å²) < 4.78 is 4.56. The topological polar surface area (TPSA) is 71.0 Å². The van der Waals surface area contributed by atoms with Gasteiger partial charge in [-0.15, -0.1) is 0 Å². The summed E-state index contributed by atoms with van der Waals surface area (Å²) in [6.45, 7) is 2.18. The number of methoxy groups -OCH3 is 1. The van der Waals surface area contributed by atoms with E-state index in [1.54, 1.807) is 0 Å². The fourth-order valence-electron chi connectivity index (χ4n) is 1.93. The van der Waals surface area contributed by atoms with Crippen LogP contribution in [0.25, 0.3) is 0 Å². The molecule has 2 aliphatic rings. The first kappa shape index (κ1) is 13.2. The van der Waals surface area contributed by atoms with Gasteiger partial charge >= 0.3 is 5.97 Å². The highest BCUT2D eigenvalue weighted by atomic mass is 32.2. The molecule has 0 aromatic carbocycles. The van der Waals surface area contributed by atoms with E-state index in [2.05, 4.69) is 19.9 Å². The number of esters is 1. The Bertz CT molecular complexity index is 367. The molecule has 0 radical (unpaired) electrons. The molecule has 1 amide bonds. The Morgan fingerprint density at radius 2 is 2.28 bits per heavy atom. The number of thioether (sulfide) groups is 1. The lowest BCUT2D eigenvalue weighted by atomic mass is 10.0. The van der Waals surface area contributed by atoms with Crippen LogP contribution in [-0.2, 0) is 14.3 Å². The summed E-state index contributed by atoms with van der Waals surface area (Å²) in [6, 6.07) is 0. The third-order valence-corrected chi connectivity index (χ3v) is 3.96. The monoisotopic (exact) mass is 271 g/mol. The van der Waals surface area contributed by atoms with Gasteiger partial charge in [0.05, 0.1) is 26.0 Å². The second-order valence-electron chi connectivity index (χ2n) is 4.23. The number of amides is 1. The SMILES string of the molecule is COC(=O)CC1CN=C(N2CCSCC2)NC1=O. The number of aliphatic imine (C=N–C) groups is 1. The lowest BCUT2D eigenvalue weighted by Gasteiger charge is -2.32. The van der Waals surface area contributed by atoms with E-state index in [9.17, 15) is 9.59 Å². The highest BCUT2D eigenvalue weighted by molar-refractivity contribution is 7.99. The van der Waals surface area contributed by atoms with E-state index in [0.717, 1.165) is 24.6 Å². The van der Waals surface area contributed by atoms with Gasteiger partial charge in [0.1, 0.15) is 0 Å². The van der Waals surface area contributed by atoms with Crippen molar-refractivity contribution in [2.45, 2.75) is 6.42 Å². The fraction of sp³-hybridized carbons (Fsp3) is 0.727. The van der Waals surface area contributed by atoms with Gasteiger partial charge in [-0.25, -0.2) is 0 Å². The lowest BCUT2D eigenvalue weighted by Crippen LogP contribution is -2.52. The third-order valence-electron chi connectivity index (χ3n) is 3.02. The van der Waals surface area contributed by atoms with Crippen molar-refractivity contribution in [1.29, 1.82) is 0 Å². The highest BCUT2D eigenvalue weighted by Crippen LogP contribution is 2.14. The summed E-state index contributed by atoms with van der Waals surface area (Å²) in [5.74, 6) is 1.86. The van der Waals surface area contributed by atoms with Gasteiger partial charge in [-0.1, -0.05) is 0 Å². The number of nitrogens with one attached hydrogen (secondary N) is 1. The third kappa shape index (κ3) is 3.16. The van der Waals surface area contributed by atoms with Crippen molar-refractivity contribution in [3.05, 3.63) is 0 Å². The zero-order valence-corrected chi connectivity index (χ0v) is 11.2. The Hall–Kier alpha value is -1.24. The molecular formula is C11H17N3O3S. The lowest BCUT2D eigenvalue weighted by molar-refractivity contribution is -0.144. The number of hydrogen-bond donors (Lipinski definition) is 1. The Labute approximate surface area is 110 Å². The zero-order valence-electron chi connectivity index (χ0n) is 10.3. The number of hydrogen-bond acceptors (Lipinski definition) is 6. The summed E-state index contributed by atoms with van der Waals surface area (Å²) in [4.78, 5) is 29.5.